The standard InChI is InChI=1S/C11H20N4O/c1-7(2)10(12)11(16)14-9-5-6-13-15(9)8(3)4/h5-8,10H,12H2,1-4H3,(H,14,16)/t10-/m1/s1. The van der Waals surface area contributed by atoms with Crippen LogP contribution in [0, 0.1) is 5.92 Å². The first kappa shape index (κ1) is 12.7. The molecule has 1 amide bonds. The van der Waals surface area contributed by atoms with Crippen LogP contribution in [0.2, 0.25) is 0 Å². The van der Waals surface area contributed by atoms with Crippen molar-refractivity contribution < 1.29 is 4.79 Å². The Bertz CT molecular complexity index is 357. The van der Waals surface area contributed by atoms with E-state index in [2.05, 4.69) is 10.4 Å². The highest BCUT2D eigenvalue weighted by atomic mass is 16.2. The van der Waals surface area contributed by atoms with Gasteiger partial charge in [0.15, 0.2) is 0 Å². The fourth-order valence-electron chi connectivity index (χ4n) is 1.34. The van der Waals surface area contributed by atoms with E-state index in [4.69, 9.17) is 5.73 Å². The van der Waals surface area contributed by atoms with Crippen LogP contribution in [0.15, 0.2) is 12.3 Å². The summed E-state index contributed by atoms with van der Waals surface area (Å²) in [6.07, 6.45) is 1.66. The molecule has 0 aliphatic carbocycles. The molecule has 5 nitrogen and oxygen atoms in total. The number of carbonyl (C=O) groups is 1. The number of carbonyl (C=O) groups excluding carboxylic acids is 1. The SMILES string of the molecule is CC(C)[C@@H](N)C(=O)Nc1ccnn1C(C)C. The van der Waals surface area contributed by atoms with Crippen LogP contribution in [0.25, 0.3) is 0 Å². The summed E-state index contributed by atoms with van der Waals surface area (Å²) in [6.45, 7) is 7.85. The molecule has 1 rings (SSSR count). The van der Waals surface area contributed by atoms with Gasteiger partial charge < -0.3 is 11.1 Å². The van der Waals surface area contributed by atoms with Gasteiger partial charge in [-0.25, -0.2) is 4.68 Å². The van der Waals surface area contributed by atoms with Crippen molar-refractivity contribution in [2.45, 2.75) is 39.8 Å². The molecule has 1 aromatic rings. The summed E-state index contributed by atoms with van der Waals surface area (Å²) in [5.41, 5.74) is 5.76. The largest absolute Gasteiger partial charge is 0.320 e. The normalized spacial score (nSPS) is 13.2. The lowest BCUT2D eigenvalue weighted by Gasteiger charge is -2.17. The highest BCUT2D eigenvalue weighted by Crippen LogP contribution is 2.13. The minimum absolute atomic E-state index is 0.121. The number of hydrogen-bond acceptors (Lipinski definition) is 3. The van der Waals surface area contributed by atoms with E-state index in [0.717, 1.165) is 0 Å². The molecule has 5 heteroatoms. The number of nitrogens with zero attached hydrogens (tertiary/aromatic N) is 2. The third kappa shape index (κ3) is 2.82. The second-order valence-corrected chi connectivity index (χ2v) is 4.51. The fraction of sp³-hybridized carbons (Fsp3) is 0.636. The van der Waals surface area contributed by atoms with Gasteiger partial charge in [0, 0.05) is 12.1 Å². The van der Waals surface area contributed by atoms with Crippen LogP contribution >= 0.6 is 0 Å². The molecule has 90 valence electrons. The van der Waals surface area contributed by atoms with Gasteiger partial charge in [-0.3, -0.25) is 4.79 Å². The molecule has 0 aliphatic rings. The van der Waals surface area contributed by atoms with Crippen LogP contribution in [0.4, 0.5) is 5.82 Å². The Balaban J connectivity index is 2.73. The van der Waals surface area contributed by atoms with Crippen molar-refractivity contribution in [2.24, 2.45) is 11.7 Å². The van der Waals surface area contributed by atoms with Crippen molar-refractivity contribution in [2.75, 3.05) is 5.32 Å². The maximum atomic E-state index is 11.7. The predicted molar refractivity (Wildman–Crippen MR) is 64.1 cm³/mol. The summed E-state index contributed by atoms with van der Waals surface area (Å²) in [7, 11) is 0. The predicted octanol–water partition coefficient (Wildman–Crippen LogP) is 1.39. The molecule has 1 aromatic heterocycles. The van der Waals surface area contributed by atoms with Crippen LogP contribution in [-0.4, -0.2) is 21.7 Å². The van der Waals surface area contributed by atoms with Crippen molar-refractivity contribution in [3.63, 3.8) is 0 Å². The van der Waals surface area contributed by atoms with Gasteiger partial charge in [0.1, 0.15) is 5.82 Å². The van der Waals surface area contributed by atoms with E-state index in [-0.39, 0.29) is 17.9 Å². The fourth-order valence-corrected chi connectivity index (χ4v) is 1.34. The molecular formula is C11H20N4O. The zero-order valence-corrected chi connectivity index (χ0v) is 10.3. The van der Waals surface area contributed by atoms with E-state index in [1.54, 1.807) is 16.9 Å². The smallest absolute Gasteiger partial charge is 0.242 e. The number of amides is 1. The van der Waals surface area contributed by atoms with Gasteiger partial charge in [0.05, 0.1) is 12.2 Å². The maximum absolute atomic E-state index is 11.7. The maximum Gasteiger partial charge on any atom is 0.242 e. The minimum atomic E-state index is -0.490. The number of aromatic nitrogens is 2. The third-order valence-corrected chi connectivity index (χ3v) is 2.43. The van der Waals surface area contributed by atoms with E-state index in [9.17, 15) is 4.79 Å². The topological polar surface area (TPSA) is 72.9 Å². The van der Waals surface area contributed by atoms with Gasteiger partial charge in [-0.15, -0.1) is 0 Å². The molecule has 0 fully saturated rings. The Hall–Kier alpha value is -1.36. The summed E-state index contributed by atoms with van der Waals surface area (Å²) >= 11 is 0. The number of nitrogens with one attached hydrogen (secondary N) is 1. The van der Waals surface area contributed by atoms with Crippen molar-refractivity contribution in [1.29, 1.82) is 0 Å². The highest BCUT2D eigenvalue weighted by molar-refractivity contribution is 5.94. The molecule has 0 saturated heterocycles. The van der Waals surface area contributed by atoms with E-state index in [1.807, 2.05) is 27.7 Å². The van der Waals surface area contributed by atoms with E-state index >= 15 is 0 Å². The average molecular weight is 224 g/mol. The number of anilines is 1. The molecule has 1 heterocycles. The molecule has 16 heavy (non-hydrogen) atoms. The summed E-state index contributed by atoms with van der Waals surface area (Å²) in [4.78, 5) is 11.7. The first-order chi connectivity index (χ1) is 7.43. The van der Waals surface area contributed by atoms with E-state index in [0.29, 0.717) is 5.82 Å². The molecule has 0 aromatic carbocycles. The zero-order valence-electron chi connectivity index (χ0n) is 10.3. The molecule has 0 aliphatic heterocycles. The molecule has 1 atom stereocenters. The first-order valence-electron chi connectivity index (χ1n) is 5.53. The first-order valence-corrected chi connectivity index (χ1v) is 5.53. The van der Waals surface area contributed by atoms with Crippen LogP contribution in [0.5, 0.6) is 0 Å². The summed E-state index contributed by atoms with van der Waals surface area (Å²) in [6, 6.07) is 1.49. The number of nitrogens with two attached hydrogens (primary N) is 1. The lowest BCUT2D eigenvalue weighted by atomic mass is 10.1. The van der Waals surface area contributed by atoms with E-state index < -0.39 is 6.04 Å². The van der Waals surface area contributed by atoms with E-state index in [1.165, 1.54) is 0 Å². The second kappa shape index (κ2) is 5.12. The quantitative estimate of drug-likeness (QED) is 0.811. The number of hydrogen-bond donors (Lipinski definition) is 2. The Morgan fingerprint density at radius 1 is 1.44 bits per heavy atom. The summed E-state index contributed by atoms with van der Waals surface area (Å²) in [5.74, 6) is 0.643. The number of rotatable bonds is 4. The van der Waals surface area contributed by atoms with Gasteiger partial charge in [0.25, 0.3) is 0 Å². The minimum Gasteiger partial charge on any atom is -0.320 e. The Morgan fingerprint density at radius 3 is 2.56 bits per heavy atom. The van der Waals surface area contributed by atoms with Crippen molar-refractivity contribution in [1.82, 2.24) is 9.78 Å². The third-order valence-electron chi connectivity index (χ3n) is 2.43. The van der Waals surface area contributed by atoms with Crippen LogP contribution in [-0.2, 0) is 4.79 Å². The zero-order chi connectivity index (χ0) is 12.3. The van der Waals surface area contributed by atoms with Crippen LogP contribution in [0.1, 0.15) is 33.7 Å². The van der Waals surface area contributed by atoms with Crippen molar-refractivity contribution in [3.8, 4) is 0 Å². The van der Waals surface area contributed by atoms with Gasteiger partial charge in [-0.1, -0.05) is 13.8 Å². The molecule has 0 saturated carbocycles. The molecule has 0 radical (unpaired) electrons. The summed E-state index contributed by atoms with van der Waals surface area (Å²) < 4.78 is 1.75. The second-order valence-electron chi connectivity index (χ2n) is 4.51. The Morgan fingerprint density at radius 2 is 2.06 bits per heavy atom. The van der Waals surface area contributed by atoms with Gasteiger partial charge in [0.2, 0.25) is 5.91 Å². The molecule has 3 N–H and O–H groups in total. The highest BCUT2D eigenvalue weighted by Gasteiger charge is 2.18. The van der Waals surface area contributed by atoms with Gasteiger partial charge in [-0.2, -0.15) is 5.10 Å². The van der Waals surface area contributed by atoms with Gasteiger partial charge in [-0.05, 0) is 19.8 Å². The average Bonchev–Trinajstić information content (AvgIpc) is 2.64. The van der Waals surface area contributed by atoms with Crippen LogP contribution in [0.3, 0.4) is 0 Å². The molecule has 0 bridgehead atoms. The van der Waals surface area contributed by atoms with Crippen molar-refractivity contribution in [3.05, 3.63) is 12.3 Å². The lowest BCUT2D eigenvalue weighted by Crippen LogP contribution is -2.40. The Kier molecular flexibility index (Phi) is 4.06. The Labute approximate surface area is 96.0 Å². The van der Waals surface area contributed by atoms with Gasteiger partial charge >= 0.3 is 0 Å². The molecular weight excluding hydrogens is 204 g/mol. The monoisotopic (exact) mass is 224 g/mol. The molecule has 0 unspecified atom stereocenters. The molecule has 0 spiro atoms. The van der Waals surface area contributed by atoms with Crippen LogP contribution < -0.4 is 11.1 Å². The van der Waals surface area contributed by atoms with Crippen molar-refractivity contribution >= 4 is 11.7 Å². The lowest BCUT2D eigenvalue weighted by molar-refractivity contribution is -0.118. The summed E-state index contributed by atoms with van der Waals surface area (Å²) in [5, 5.41) is 6.92.